The third kappa shape index (κ3) is 4.28. The van der Waals surface area contributed by atoms with Crippen LogP contribution in [0.4, 0.5) is 4.39 Å². The Morgan fingerprint density at radius 2 is 2.11 bits per heavy atom. The Morgan fingerprint density at radius 1 is 1.50 bits per heavy atom. The minimum atomic E-state index is -1.97. The maximum atomic E-state index is 13.7. The van der Waals surface area contributed by atoms with Crippen LogP contribution in [-0.4, -0.2) is 18.7 Å². The van der Waals surface area contributed by atoms with Gasteiger partial charge in [-0.25, -0.2) is 9.18 Å². The SMILES string of the molecule is CCOC(=O)C(F)[C@H](N)c1cc(Cl)ccc1Cl.Cl. The second-order valence-electron chi connectivity index (χ2n) is 3.35. The van der Waals surface area contributed by atoms with Crippen LogP contribution in [0, 0.1) is 0 Å². The quantitative estimate of drug-likeness (QED) is 0.867. The Balaban J connectivity index is 0.00000289. The van der Waals surface area contributed by atoms with E-state index in [-0.39, 0.29) is 29.6 Å². The van der Waals surface area contributed by atoms with E-state index in [4.69, 9.17) is 28.9 Å². The molecule has 2 atom stereocenters. The molecule has 18 heavy (non-hydrogen) atoms. The zero-order valence-corrected chi connectivity index (χ0v) is 11.9. The first-order chi connectivity index (χ1) is 7.97. The number of ether oxygens (including phenoxy) is 1. The Morgan fingerprint density at radius 3 is 2.67 bits per heavy atom. The second-order valence-corrected chi connectivity index (χ2v) is 4.19. The molecule has 3 nitrogen and oxygen atoms in total. The lowest BCUT2D eigenvalue weighted by molar-refractivity contribution is -0.149. The van der Waals surface area contributed by atoms with Gasteiger partial charge in [0.1, 0.15) is 0 Å². The molecule has 1 aromatic carbocycles. The number of nitrogens with two attached hydrogens (primary N) is 1. The van der Waals surface area contributed by atoms with Crippen LogP contribution < -0.4 is 5.73 Å². The number of hydrogen-bond donors (Lipinski definition) is 1. The molecule has 2 N–H and O–H groups in total. The molecule has 0 aliphatic heterocycles. The van der Waals surface area contributed by atoms with Crippen molar-refractivity contribution in [3.05, 3.63) is 33.8 Å². The average molecular weight is 317 g/mol. The molecule has 0 bridgehead atoms. The lowest BCUT2D eigenvalue weighted by Gasteiger charge is -2.17. The molecule has 102 valence electrons. The van der Waals surface area contributed by atoms with E-state index in [9.17, 15) is 9.18 Å². The third-order valence-corrected chi connectivity index (χ3v) is 2.72. The molecule has 0 saturated carbocycles. The van der Waals surface area contributed by atoms with E-state index < -0.39 is 18.2 Å². The van der Waals surface area contributed by atoms with Crippen molar-refractivity contribution in [1.82, 2.24) is 0 Å². The molecule has 1 unspecified atom stereocenters. The van der Waals surface area contributed by atoms with Crippen LogP contribution in [0.3, 0.4) is 0 Å². The number of hydrogen-bond acceptors (Lipinski definition) is 3. The molecule has 1 rings (SSSR count). The van der Waals surface area contributed by atoms with Crippen molar-refractivity contribution in [1.29, 1.82) is 0 Å². The summed E-state index contributed by atoms with van der Waals surface area (Å²) < 4.78 is 18.2. The summed E-state index contributed by atoms with van der Waals surface area (Å²) in [5.74, 6) is -1.00. The number of carbonyl (C=O) groups excluding carboxylic acids is 1. The van der Waals surface area contributed by atoms with Gasteiger partial charge in [0.25, 0.3) is 0 Å². The van der Waals surface area contributed by atoms with Crippen LogP contribution in [0.15, 0.2) is 18.2 Å². The van der Waals surface area contributed by atoms with Crippen molar-refractivity contribution >= 4 is 41.6 Å². The van der Waals surface area contributed by atoms with Crippen molar-refractivity contribution in [2.24, 2.45) is 5.73 Å². The minimum Gasteiger partial charge on any atom is -0.464 e. The zero-order valence-electron chi connectivity index (χ0n) is 9.53. The molecule has 0 spiro atoms. The molecule has 0 saturated heterocycles. The van der Waals surface area contributed by atoms with Gasteiger partial charge in [-0.1, -0.05) is 23.2 Å². The van der Waals surface area contributed by atoms with E-state index in [1.54, 1.807) is 13.0 Å². The monoisotopic (exact) mass is 315 g/mol. The van der Waals surface area contributed by atoms with Gasteiger partial charge in [0.2, 0.25) is 6.17 Å². The second kappa shape index (κ2) is 7.79. The zero-order chi connectivity index (χ0) is 13.0. The molecule has 0 aliphatic rings. The Labute approximate surface area is 121 Å². The fourth-order valence-electron chi connectivity index (χ4n) is 1.30. The van der Waals surface area contributed by atoms with E-state index >= 15 is 0 Å². The molecular formula is C11H13Cl3FNO2. The molecule has 0 radical (unpaired) electrons. The van der Waals surface area contributed by atoms with Gasteiger partial charge in [-0.05, 0) is 30.7 Å². The van der Waals surface area contributed by atoms with Gasteiger partial charge >= 0.3 is 5.97 Å². The molecule has 1 aromatic rings. The summed E-state index contributed by atoms with van der Waals surface area (Å²) >= 11 is 11.6. The Bertz CT molecular complexity index is 417. The number of esters is 1. The maximum absolute atomic E-state index is 13.7. The molecule has 0 aromatic heterocycles. The van der Waals surface area contributed by atoms with Crippen LogP contribution in [0.1, 0.15) is 18.5 Å². The first-order valence-electron chi connectivity index (χ1n) is 4.98. The summed E-state index contributed by atoms with van der Waals surface area (Å²) in [6, 6.07) is 3.29. The fourth-order valence-corrected chi connectivity index (χ4v) is 1.72. The highest BCUT2D eigenvalue weighted by Gasteiger charge is 2.29. The van der Waals surface area contributed by atoms with Gasteiger partial charge < -0.3 is 10.5 Å². The fraction of sp³-hybridized carbons (Fsp3) is 0.364. The predicted molar refractivity (Wildman–Crippen MR) is 72.2 cm³/mol. The highest BCUT2D eigenvalue weighted by molar-refractivity contribution is 6.33. The smallest absolute Gasteiger partial charge is 0.342 e. The van der Waals surface area contributed by atoms with E-state index in [0.717, 1.165) is 0 Å². The molecule has 0 heterocycles. The van der Waals surface area contributed by atoms with Crippen molar-refractivity contribution in [2.75, 3.05) is 6.61 Å². The van der Waals surface area contributed by atoms with Crippen molar-refractivity contribution in [2.45, 2.75) is 19.1 Å². The van der Waals surface area contributed by atoms with Gasteiger partial charge in [-0.3, -0.25) is 0 Å². The number of benzene rings is 1. The van der Waals surface area contributed by atoms with Gasteiger partial charge in [0.05, 0.1) is 12.6 Å². The van der Waals surface area contributed by atoms with E-state index in [1.165, 1.54) is 12.1 Å². The van der Waals surface area contributed by atoms with Crippen LogP contribution >= 0.6 is 35.6 Å². The van der Waals surface area contributed by atoms with E-state index in [1.807, 2.05) is 0 Å². The van der Waals surface area contributed by atoms with Crippen LogP contribution in [0.5, 0.6) is 0 Å². The first kappa shape index (κ1) is 17.4. The van der Waals surface area contributed by atoms with E-state index in [2.05, 4.69) is 4.74 Å². The van der Waals surface area contributed by atoms with E-state index in [0.29, 0.717) is 5.02 Å². The van der Waals surface area contributed by atoms with Gasteiger partial charge in [0.15, 0.2) is 0 Å². The minimum absolute atomic E-state index is 0. The molecule has 0 amide bonds. The number of carbonyl (C=O) groups is 1. The van der Waals surface area contributed by atoms with Crippen molar-refractivity contribution < 1.29 is 13.9 Å². The topological polar surface area (TPSA) is 52.3 Å². The highest BCUT2D eigenvalue weighted by Crippen LogP contribution is 2.28. The summed E-state index contributed by atoms with van der Waals surface area (Å²) in [6.07, 6.45) is -1.97. The van der Waals surface area contributed by atoms with Crippen molar-refractivity contribution in [3.8, 4) is 0 Å². The molecule has 0 fully saturated rings. The summed E-state index contributed by atoms with van der Waals surface area (Å²) in [4.78, 5) is 11.2. The largest absolute Gasteiger partial charge is 0.464 e. The van der Waals surface area contributed by atoms with Gasteiger partial charge in [-0.2, -0.15) is 0 Å². The number of rotatable bonds is 4. The summed E-state index contributed by atoms with van der Waals surface area (Å²) in [6.45, 7) is 1.68. The number of halogens is 4. The third-order valence-electron chi connectivity index (χ3n) is 2.14. The maximum Gasteiger partial charge on any atom is 0.342 e. The Kier molecular flexibility index (Phi) is 7.55. The summed E-state index contributed by atoms with van der Waals surface area (Å²) in [5, 5.41) is 0.629. The lowest BCUT2D eigenvalue weighted by atomic mass is 10.0. The normalized spacial score (nSPS) is 13.4. The summed E-state index contributed by atoms with van der Waals surface area (Å²) in [5.41, 5.74) is 5.90. The number of alkyl halides is 1. The van der Waals surface area contributed by atoms with Gasteiger partial charge in [0, 0.05) is 10.0 Å². The molecular weight excluding hydrogens is 303 g/mol. The van der Waals surface area contributed by atoms with Crippen molar-refractivity contribution in [3.63, 3.8) is 0 Å². The Hall–Kier alpha value is -0.550. The first-order valence-corrected chi connectivity index (χ1v) is 5.74. The summed E-state index contributed by atoms with van der Waals surface area (Å²) in [7, 11) is 0. The standard InChI is InChI=1S/C11H12Cl2FNO2.ClH/c1-2-17-11(16)9(14)10(15)7-5-6(12)3-4-8(7)13;/h3-5,9-10H,2,15H2,1H3;1H/t9?,10-;/m1./s1. The molecule has 7 heteroatoms. The average Bonchev–Trinajstić information content (AvgIpc) is 2.30. The predicted octanol–water partition coefficient (Wildman–Crippen LogP) is 3.32. The van der Waals surface area contributed by atoms with Crippen LogP contribution in [0.25, 0.3) is 0 Å². The molecule has 0 aliphatic carbocycles. The highest BCUT2D eigenvalue weighted by atomic mass is 35.5. The van der Waals surface area contributed by atoms with Crippen LogP contribution in [0.2, 0.25) is 10.0 Å². The van der Waals surface area contributed by atoms with Gasteiger partial charge in [-0.15, -0.1) is 12.4 Å². The lowest BCUT2D eigenvalue weighted by Crippen LogP contribution is -2.31. The van der Waals surface area contributed by atoms with Crippen LogP contribution in [-0.2, 0) is 9.53 Å².